The van der Waals surface area contributed by atoms with Gasteiger partial charge in [0.15, 0.2) is 5.65 Å². The van der Waals surface area contributed by atoms with Crippen LogP contribution >= 0.6 is 11.3 Å². The Hall–Kier alpha value is -3.87. The summed E-state index contributed by atoms with van der Waals surface area (Å²) in [5, 5.41) is 12.5. The maximum Gasteiger partial charge on any atom is 0.326 e. The van der Waals surface area contributed by atoms with E-state index in [4.69, 9.17) is 4.98 Å². The number of likely N-dealkylation sites (tertiary alicyclic amines) is 1. The number of alkyl halides is 2. The summed E-state index contributed by atoms with van der Waals surface area (Å²) >= 11 is 1.25. The first-order chi connectivity index (χ1) is 17.3. The van der Waals surface area contributed by atoms with Crippen molar-refractivity contribution in [3.63, 3.8) is 0 Å². The van der Waals surface area contributed by atoms with Gasteiger partial charge in [-0.2, -0.15) is 9.61 Å². The van der Waals surface area contributed by atoms with E-state index in [1.54, 1.807) is 22.8 Å². The van der Waals surface area contributed by atoms with Gasteiger partial charge in [0.2, 0.25) is 0 Å². The molecule has 186 valence electrons. The lowest BCUT2D eigenvalue weighted by Gasteiger charge is -2.31. The van der Waals surface area contributed by atoms with E-state index in [1.165, 1.54) is 22.3 Å². The molecule has 0 spiro atoms. The number of hydrogen-bond acceptors (Lipinski definition) is 7. The van der Waals surface area contributed by atoms with Crippen LogP contribution in [0.4, 0.5) is 19.4 Å². The van der Waals surface area contributed by atoms with Crippen molar-refractivity contribution in [2.75, 3.05) is 18.4 Å². The third kappa shape index (κ3) is 4.30. The Morgan fingerprint density at radius 2 is 1.97 bits per heavy atom. The van der Waals surface area contributed by atoms with Crippen LogP contribution in [0, 0.1) is 0 Å². The van der Waals surface area contributed by atoms with Crippen molar-refractivity contribution in [3.05, 3.63) is 40.5 Å². The molecule has 0 unspecified atom stereocenters. The molecule has 4 amide bonds. The topological polar surface area (TPSA) is 121 Å². The number of fused-ring (bicyclic) bond motifs is 1. The molecule has 0 radical (unpaired) electrons. The highest BCUT2D eigenvalue weighted by molar-refractivity contribution is 7.17. The monoisotopic (exact) mass is 513 g/mol. The molecule has 2 saturated heterocycles. The van der Waals surface area contributed by atoms with Gasteiger partial charge in [0.05, 0.1) is 21.6 Å². The third-order valence-electron chi connectivity index (χ3n) is 6.30. The third-order valence-corrected chi connectivity index (χ3v) is 7.40. The molecule has 3 aliphatic rings. The number of halogens is 2. The van der Waals surface area contributed by atoms with E-state index >= 15 is 0 Å². The van der Waals surface area contributed by atoms with E-state index in [0.717, 1.165) is 17.7 Å². The van der Waals surface area contributed by atoms with Gasteiger partial charge >= 0.3 is 6.03 Å². The van der Waals surface area contributed by atoms with Crippen LogP contribution in [0.3, 0.4) is 0 Å². The lowest BCUT2D eigenvalue weighted by atomic mass is 10.1. The van der Waals surface area contributed by atoms with E-state index in [0.29, 0.717) is 33.6 Å². The Labute approximate surface area is 207 Å². The standard InChI is InChI=1S/C23H21F2N7O3S/c24-23(25)5-7-31(8-6-23)21(34)17-4-3-16(36-17)14-10-18(27-13-1-2-13)32-19(28-14)12(11-26-32)9-15-20(33)30-22(35)29-15/h3-4,9-11,13,27H,1-2,5-8H2,(H2,29,30,33,35)/b15-9-. The van der Waals surface area contributed by atoms with E-state index in [1.807, 2.05) is 6.07 Å². The Balaban J connectivity index is 1.34. The molecule has 3 aromatic heterocycles. The second-order valence-electron chi connectivity index (χ2n) is 9.06. The van der Waals surface area contributed by atoms with Gasteiger partial charge < -0.3 is 15.5 Å². The number of nitrogens with zero attached hydrogens (tertiary/aromatic N) is 4. The minimum Gasteiger partial charge on any atom is -0.367 e. The minimum atomic E-state index is -2.72. The lowest BCUT2D eigenvalue weighted by molar-refractivity contribution is -0.115. The fourth-order valence-electron chi connectivity index (χ4n) is 4.17. The SMILES string of the molecule is O=C1NC(=O)/C(=C/c2cnn3c(NC4CC4)cc(-c4ccc(C(=O)N5CCC(F)(F)CC5)s4)nc23)N1. The Morgan fingerprint density at radius 1 is 1.19 bits per heavy atom. The second-order valence-corrected chi connectivity index (χ2v) is 10.1. The van der Waals surface area contributed by atoms with Crippen LogP contribution in [0.2, 0.25) is 0 Å². The number of piperidine rings is 1. The molecular weight excluding hydrogens is 492 g/mol. The van der Waals surface area contributed by atoms with Gasteiger partial charge in [-0.3, -0.25) is 14.9 Å². The maximum atomic E-state index is 13.5. The first-order valence-corrected chi connectivity index (χ1v) is 12.3. The van der Waals surface area contributed by atoms with Crippen molar-refractivity contribution >= 4 is 46.7 Å². The van der Waals surface area contributed by atoms with E-state index in [2.05, 4.69) is 21.0 Å². The number of urea groups is 1. The normalized spacial score (nSPS) is 20.6. The van der Waals surface area contributed by atoms with Gasteiger partial charge in [0, 0.05) is 43.6 Å². The van der Waals surface area contributed by atoms with E-state index < -0.39 is 17.9 Å². The largest absolute Gasteiger partial charge is 0.367 e. The number of hydrogen-bond donors (Lipinski definition) is 3. The highest BCUT2D eigenvalue weighted by atomic mass is 32.1. The number of carbonyl (C=O) groups is 3. The average molecular weight is 514 g/mol. The smallest absolute Gasteiger partial charge is 0.326 e. The van der Waals surface area contributed by atoms with Crippen LogP contribution in [0.5, 0.6) is 0 Å². The van der Waals surface area contributed by atoms with Crippen LogP contribution in [-0.2, 0) is 4.79 Å². The second kappa shape index (κ2) is 8.36. The Kier molecular flexibility index (Phi) is 5.25. The number of nitrogens with one attached hydrogen (secondary N) is 3. The summed E-state index contributed by atoms with van der Waals surface area (Å²) in [6.45, 7) is 0.0490. The molecular formula is C23H21F2N7O3S. The summed E-state index contributed by atoms with van der Waals surface area (Å²) < 4.78 is 28.6. The summed E-state index contributed by atoms with van der Waals surface area (Å²) in [4.78, 5) is 43.8. The van der Waals surface area contributed by atoms with Crippen molar-refractivity contribution in [3.8, 4) is 10.6 Å². The summed E-state index contributed by atoms with van der Waals surface area (Å²) in [5.41, 5.74) is 1.69. The van der Waals surface area contributed by atoms with E-state index in [-0.39, 0.29) is 37.5 Å². The first-order valence-electron chi connectivity index (χ1n) is 11.5. The Morgan fingerprint density at radius 3 is 2.67 bits per heavy atom. The number of imide groups is 1. The van der Waals surface area contributed by atoms with Gasteiger partial charge in [-0.1, -0.05) is 0 Å². The minimum absolute atomic E-state index is 0.0245. The molecule has 0 aromatic carbocycles. The van der Waals surface area contributed by atoms with Crippen LogP contribution in [0.25, 0.3) is 22.3 Å². The highest BCUT2D eigenvalue weighted by Gasteiger charge is 2.36. The highest BCUT2D eigenvalue weighted by Crippen LogP contribution is 2.34. The molecule has 36 heavy (non-hydrogen) atoms. The molecule has 2 aliphatic heterocycles. The van der Waals surface area contributed by atoms with Crippen LogP contribution < -0.4 is 16.0 Å². The molecule has 0 bridgehead atoms. The Bertz CT molecular complexity index is 1430. The molecule has 10 nitrogen and oxygen atoms in total. The number of aromatic nitrogens is 3. The molecule has 6 rings (SSSR count). The van der Waals surface area contributed by atoms with Crippen molar-refractivity contribution in [2.24, 2.45) is 0 Å². The number of thiophene rings is 1. The van der Waals surface area contributed by atoms with Crippen molar-refractivity contribution in [1.29, 1.82) is 0 Å². The van der Waals surface area contributed by atoms with Crippen molar-refractivity contribution in [1.82, 2.24) is 30.1 Å². The number of carbonyl (C=O) groups excluding carboxylic acids is 3. The van der Waals surface area contributed by atoms with Gasteiger partial charge in [0.1, 0.15) is 11.5 Å². The van der Waals surface area contributed by atoms with Crippen LogP contribution in [-0.4, -0.2) is 62.4 Å². The molecule has 3 N–H and O–H groups in total. The molecule has 0 atom stereocenters. The number of amides is 4. The van der Waals surface area contributed by atoms with Gasteiger partial charge in [-0.25, -0.2) is 18.6 Å². The van der Waals surface area contributed by atoms with Gasteiger partial charge in [-0.05, 0) is 31.1 Å². The first kappa shape index (κ1) is 22.6. The zero-order chi connectivity index (χ0) is 25.0. The molecule has 3 fully saturated rings. The lowest BCUT2D eigenvalue weighted by Crippen LogP contribution is -2.42. The summed E-state index contributed by atoms with van der Waals surface area (Å²) in [7, 11) is 0. The summed E-state index contributed by atoms with van der Waals surface area (Å²) in [5.74, 6) is -2.82. The predicted octanol–water partition coefficient (Wildman–Crippen LogP) is 3.08. The predicted molar refractivity (Wildman–Crippen MR) is 128 cm³/mol. The van der Waals surface area contributed by atoms with E-state index in [9.17, 15) is 23.2 Å². The molecule has 3 aromatic rings. The fourth-order valence-corrected chi connectivity index (χ4v) is 5.10. The average Bonchev–Trinajstić information content (AvgIpc) is 3.22. The quantitative estimate of drug-likeness (QED) is 0.356. The zero-order valence-corrected chi connectivity index (χ0v) is 19.7. The summed E-state index contributed by atoms with van der Waals surface area (Å²) in [6.07, 6.45) is 4.49. The summed E-state index contributed by atoms with van der Waals surface area (Å²) in [6, 6.07) is 5.05. The number of anilines is 1. The molecule has 13 heteroatoms. The molecule has 5 heterocycles. The zero-order valence-electron chi connectivity index (χ0n) is 18.9. The van der Waals surface area contributed by atoms with Crippen LogP contribution in [0.15, 0.2) is 30.1 Å². The van der Waals surface area contributed by atoms with Crippen LogP contribution in [0.1, 0.15) is 40.9 Å². The maximum absolute atomic E-state index is 13.5. The van der Waals surface area contributed by atoms with Gasteiger partial charge in [-0.15, -0.1) is 11.3 Å². The molecule has 1 saturated carbocycles. The number of rotatable bonds is 5. The molecule has 1 aliphatic carbocycles. The fraction of sp³-hybridized carbons (Fsp3) is 0.348. The van der Waals surface area contributed by atoms with Crippen molar-refractivity contribution < 1.29 is 23.2 Å². The van der Waals surface area contributed by atoms with Crippen molar-refractivity contribution in [2.45, 2.75) is 37.6 Å². The van der Waals surface area contributed by atoms with Gasteiger partial charge in [0.25, 0.3) is 17.7 Å².